The second-order valence-electron chi connectivity index (χ2n) is 3.94. The third-order valence-corrected chi connectivity index (χ3v) is 2.94. The number of carbonyl (C=O) groups excluding carboxylic acids is 1. The molecule has 1 aromatic heterocycles. The van der Waals surface area contributed by atoms with Gasteiger partial charge in [-0.2, -0.15) is 5.26 Å². The number of pyridine rings is 1. The molecule has 0 aliphatic heterocycles. The lowest BCUT2D eigenvalue weighted by atomic mass is 10.2. The Bertz CT molecular complexity index is 694. The van der Waals surface area contributed by atoms with Crippen LogP contribution in [0.3, 0.4) is 0 Å². The van der Waals surface area contributed by atoms with Crippen molar-refractivity contribution in [2.24, 2.45) is 0 Å². The zero-order valence-electron chi connectivity index (χ0n) is 10.6. The maximum Gasteiger partial charge on any atom is 0.274 e. The highest BCUT2D eigenvalue weighted by atomic mass is 35.5. The lowest BCUT2D eigenvalue weighted by Gasteiger charge is -2.08. The maximum atomic E-state index is 12.1. The number of hydrogen-bond donors (Lipinski definition) is 2. The monoisotopic (exact) mass is 286 g/mol. The minimum atomic E-state index is -0.367. The summed E-state index contributed by atoms with van der Waals surface area (Å²) in [5.74, 6) is -0.367. The van der Waals surface area contributed by atoms with Crippen molar-refractivity contribution >= 4 is 28.9 Å². The van der Waals surface area contributed by atoms with E-state index in [1.807, 2.05) is 6.07 Å². The van der Waals surface area contributed by atoms with E-state index in [0.717, 1.165) is 5.69 Å². The number of carbonyl (C=O) groups is 1. The van der Waals surface area contributed by atoms with Gasteiger partial charge in [-0.1, -0.05) is 11.6 Å². The molecule has 2 N–H and O–H groups in total. The number of aromatic nitrogens is 1. The van der Waals surface area contributed by atoms with Crippen LogP contribution in [0.25, 0.3) is 0 Å². The van der Waals surface area contributed by atoms with Gasteiger partial charge in [-0.05, 0) is 30.3 Å². The molecule has 0 unspecified atom stereocenters. The minimum Gasteiger partial charge on any atom is -0.388 e. The second-order valence-corrected chi connectivity index (χ2v) is 4.35. The van der Waals surface area contributed by atoms with Crippen LogP contribution in [-0.2, 0) is 0 Å². The maximum absolute atomic E-state index is 12.1. The Morgan fingerprint density at radius 1 is 1.35 bits per heavy atom. The summed E-state index contributed by atoms with van der Waals surface area (Å²) in [6, 6.07) is 10.0. The average molecular weight is 287 g/mol. The molecule has 0 atom stereocenters. The number of amides is 1. The Hall–Kier alpha value is -2.58. The Morgan fingerprint density at radius 2 is 2.15 bits per heavy atom. The summed E-state index contributed by atoms with van der Waals surface area (Å²) >= 11 is 6.00. The highest BCUT2D eigenvalue weighted by Gasteiger charge is 2.10. The van der Waals surface area contributed by atoms with Crippen molar-refractivity contribution < 1.29 is 4.79 Å². The van der Waals surface area contributed by atoms with E-state index in [0.29, 0.717) is 16.3 Å². The normalized spacial score (nSPS) is 9.65. The van der Waals surface area contributed by atoms with Crippen LogP contribution < -0.4 is 10.6 Å². The molecule has 1 heterocycles. The molecule has 0 aliphatic rings. The number of anilines is 2. The van der Waals surface area contributed by atoms with E-state index in [2.05, 4.69) is 15.6 Å². The van der Waals surface area contributed by atoms with Gasteiger partial charge in [-0.3, -0.25) is 9.78 Å². The van der Waals surface area contributed by atoms with Crippen molar-refractivity contribution in [2.45, 2.75) is 0 Å². The Labute approximate surface area is 121 Å². The number of rotatable bonds is 3. The van der Waals surface area contributed by atoms with Gasteiger partial charge in [0.05, 0.1) is 22.3 Å². The molecule has 20 heavy (non-hydrogen) atoms. The molecular formula is C14H11ClN4O. The van der Waals surface area contributed by atoms with Gasteiger partial charge < -0.3 is 10.6 Å². The number of benzene rings is 1. The molecule has 0 saturated carbocycles. The fourth-order valence-corrected chi connectivity index (χ4v) is 1.81. The third-order valence-electron chi connectivity index (χ3n) is 2.63. The largest absolute Gasteiger partial charge is 0.388 e. The van der Waals surface area contributed by atoms with E-state index in [4.69, 9.17) is 16.9 Å². The lowest BCUT2D eigenvalue weighted by Crippen LogP contribution is -2.14. The van der Waals surface area contributed by atoms with Gasteiger partial charge in [0.2, 0.25) is 0 Å². The summed E-state index contributed by atoms with van der Waals surface area (Å²) < 4.78 is 0. The van der Waals surface area contributed by atoms with Gasteiger partial charge >= 0.3 is 0 Å². The zero-order valence-corrected chi connectivity index (χ0v) is 11.4. The predicted octanol–water partition coefficient (Wildman–Crippen LogP) is 2.90. The molecule has 5 nitrogen and oxygen atoms in total. The van der Waals surface area contributed by atoms with Crippen molar-refractivity contribution in [1.29, 1.82) is 5.26 Å². The van der Waals surface area contributed by atoms with Crippen LogP contribution in [0.1, 0.15) is 16.1 Å². The summed E-state index contributed by atoms with van der Waals surface area (Å²) in [5, 5.41) is 14.7. The molecule has 1 amide bonds. The lowest BCUT2D eigenvalue weighted by molar-refractivity contribution is 0.102. The van der Waals surface area contributed by atoms with Crippen molar-refractivity contribution in [2.75, 3.05) is 17.7 Å². The van der Waals surface area contributed by atoms with Crippen LogP contribution in [0.5, 0.6) is 0 Å². The molecule has 0 bridgehead atoms. The van der Waals surface area contributed by atoms with Crippen molar-refractivity contribution in [3.63, 3.8) is 0 Å². The Kier molecular flexibility index (Phi) is 4.18. The first-order valence-corrected chi connectivity index (χ1v) is 6.16. The number of nitriles is 1. The summed E-state index contributed by atoms with van der Waals surface area (Å²) in [6.45, 7) is 0. The van der Waals surface area contributed by atoms with E-state index in [9.17, 15) is 4.79 Å². The van der Waals surface area contributed by atoms with Gasteiger partial charge in [0.15, 0.2) is 0 Å². The molecule has 0 fully saturated rings. The fraction of sp³-hybridized carbons (Fsp3) is 0.0714. The first kappa shape index (κ1) is 13.8. The van der Waals surface area contributed by atoms with E-state index < -0.39 is 0 Å². The topological polar surface area (TPSA) is 77.8 Å². The first-order chi connectivity index (χ1) is 9.63. The van der Waals surface area contributed by atoms with Crippen LogP contribution in [0.4, 0.5) is 11.4 Å². The quantitative estimate of drug-likeness (QED) is 0.909. The fourth-order valence-electron chi connectivity index (χ4n) is 1.58. The summed E-state index contributed by atoms with van der Waals surface area (Å²) in [4.78, 5) is 16.1. The van der Waals surface area contributed by atoms with E-state index in [1.165, 1.54) is 6.07 Å². The summed E-state index contributed by atoms with van der Waals surface area (Å²) in [5.41, 5.74) is 1.93. The first-order valence-electron chi connectivity index (χ1n) is 5.79. The van der Waals surface area contributed by atoms with Gasteiger partial charge in [0.25, 0.3) is 5.91 Å². The number of nitrogens with zero attached hydrogens (tertiary/aromatic N) is 2. The zero-order chi connectivity index (χ0) is 14.5. The Balaban J connectivity index is 2.21. The highest BCUT2D eigenvalue weighted by Crippen LogP contribution is 2.23. The number of hydrogen-bond acceptors (Lipinski definition) is 4. The molecule has 6 heteroatoms. The van der Waals surface area contributed by atoms with E-state index >= 15 is 0 Å². The Morgan fingerprint density at radius 3 is 2.80 bits per heavy atom. The molecule has 0 spiro atoms. The molecule has 100 valence electrons. The van der Waals surface area contributed by atoms with Crippen molar-refractivity contribution in [1.82, 2.24) is 4.98 Å². The number of nitrogens with one attached hydrogen (secondary N) is 2. The van der Waals surface area contributed by atoms with Crippen LogP contribution in [0, 0.1) is 11.3 Å². The smallest absolute Gasteiger partial charge is 0.274 e. The molecule has 0 radical (unpaired) electrons. The second kappa shape index (κ2) is 6.04. The molecule has 0 saturated heterocycles. The van der Waals surface area contributed by atoms with Crippen molar-refractivity contribution in [3.8, 4) is 6.07 Å². The van der Waals surface area contributed by atoms with Crippen LogP contribution in [0.2, 0.25) is 5.02 Å². The minimum absolute atomic E-state index is 0.275. The number of halogens is 1. The van der Waals surface area contributed by atoms with E-state index in [1.54, 1.807) is 37.5 Å². The van der Waals surface area contributed by atoms with Gasteiger partial charge in [0, 0.05) is 18.9 Å². The molecule has 0 aliphatic carbocycles. The molecular weight excluding hydrogens is 276 g/mol. The van der Waals surface area contributed by atoms with Gasteiger partial charge in [0.1, 0.15) is 5.69 Å². The van der Waals surface area contributed by atoms with E-state index in [-0.39, 0.29) is 11.6 Å². The SMILES string of the molecule is CNc1ccnc(C(=O)Nc2ccc(C#N)cc2Cl)c1. The standard InChI is InChI=1S/C14H11ClN4O/c1-17-10-4-5-18-13(7-10)14(20)19-12-3-2-9(8-16)6-11(12)15/h2-7H,1H3,(H,17,18)(H,19,20). The average Bonchev–Trinajstić information content (AvgIpc) is 2.49. The van der Waals surface area contributed by atoms with Crippen molar-refractivity contribution in [3.05, 3.63) is 52.8 Å². The highest BCUT2D eigenvalue weighted by molar-refractivity contribution is 6.34. The third kappa shape index (κ3) is 3.05. The predicted molar refractivity (Wildman–Crippen MR) is 77.9 cm³/mol. The van der Waals surface area contributed by atoms with Crippen LogP contribution in [-0.4, -0.2) is 17.9 Å². The molecule has 2 rings (SSSR count). The summed E-state index contributed by atoms with van der Waals surface area (Å²) in [7, 11) is 1.76. The van der Waals surface area contributed by atoms with Gasteiger partial charge in [-0.25, -0.2) is 0 Å². The molecule has 2 aromatic rings. The van der Waals surface area contributed by atoms with Gasteiger partial charge in [-0.15, -0.1) is 0 Å². The van der Waals surface area contributed by atoms with Crippen LogP contribution in [0.15, 0.2) is 36.5 Å². The van der Waals surface area contributed by atoms with Crippen LogP contribution >= 0.6 is 11.6 Å². The molecule has 1 aromatic carbocycles. The summed E-state index contributed by atoms with van der Waals surface area (Å²) in [6.07, 6.45) is 1.54.